The fraction of sp³-hybridized carbons (Fsp3) is 0.500. The Morgan fingerprint density at radius 1 is 1.17 bits per heavy atom. The van der Waals surface area contributed by atoms with Crippen molar-refractivity contribution in [3.8, 4) is 5.75 Å². The lowest BCUT2D eigenvalue weighted by Crippen LogP contribution is -2.51. The number of carbonyl (C=O) groups excluding carboxylic acids is 2. The maximum Gasteiger partial charge on any atom is 0.387 e. The van der Waals surface area contributed by atoms with Crippen LogP contribution >= 0.6 is 0 Å². The van der Waals surface area contributed by atoms with Crippen molar-refractivity contribution in [2.45, 2.75) is 6.61 Å². The minimum Gasteiger partial charge on any atom is -0.434 e. The molecule has 8 heteroatoms. The van der Waals surface area contributed by atoms with Crippen molar-refractivity contribution in [3.05, 3.63) is 29.8 Å². The third-order valence-corrected chi connectivity index (χ3v) is 3.85. The third-order valence-electron chi connectivity index (χ3n) is 3.85. The van der Waals surface area contributed by atoms with E-state index in [0.717, 1.165) is 0 Å². The van der Waals surface area contributed by atoms with Crippen LogP contribution in [-0.4, -0.2) is 79.9 Å². The molecule has 2 rings (SSSR count). The highest BCUT2D eigenvalue weighted by atomic mass is 19.3. The van der Waals surface area contributed by atoms with Crippen LogP contribution in [-0.2, 0) is 4.79 Å². The first-order valence-corrected chi connectivity index (χ1v) is 7.64. The van der Waals surface area contributed by atoms with E-state index in [0.29, 0.717) is 32.7 Å². The van der Waals surface area contributed by atoms with Crippen molar-refractivity contribution in [2.24, 2.45) is 0 Å². The minimum atomic E-state index is -2.98. The van der Waals surface area contributed by atoms with Gasteiger partial charge in [-0.2, -0.15) is 8.78 Å². The molecule has 0 saturated carbocycles. The number of rotatable bonds is 5. The lowest BCUT2D eigenvalue weighted by atomic mass is 10.1. The molecule has 1 aromatic rings. The van der Waals surface area contributed by atoms with Crippen molar-refractivity contribution in [1.29, 1.82) is 0 Å². The summed E-state index contributed by atoms with van der Waals surface area (Å²) in [7, 11) is 3.39. The molecule has 0 aromatic heterocycles. The molecule has 1 aliphatic heterocycles. The number of hydrogen-bond donors (Lipinski definition) is 0. The van der Waals surface area contributed by atoms with Crippen LogP contribution in [0.5, 0.6) is 5.75 Å². The van der Waals surface area contributed by atoms with Crippen molar-refractivity contribution in [2.75, 3.05) is 46.8 Å². The number of amides is 2. The number of carbonyl (C=O) groups is 2. The highest BCUT2D eigenvalue weighted by molar-refractivity contribution is 5.97. The summed E-state index contributed by atoms with van der Waals surface area (Å²) in [5, 5.41) is 0. The Kier molecular flexibility index (Phi) is 6.08. The molecule has 0 N–H and O–H groups in total. The van der Waals surface area contributed by atoms with Crippen molar-refractivity contribution in [1.82, 2.24) is 14.7 Å². The van der Waals surface area contributed by atoms with Gasteiger partial charge >= 0.3 is 6.61 Å². The monoisotopic (exact) mass is 341 g/mol. The highest BCUT2D eigenvalue weighted by Gasteiger charge is 2.25. The molecule has 1 aliphatic rings. The second-order valence-electron chi connectivity index (χ2n) is 5.73. The molecular formula is C16H21F2N3O3. The first-order chi connectivity index (χ1) is 11.4. The van der Waals surface area contributed by atoms with Gasteiger partial charge < -0.3 is 14.5 Å². The predicted molar refractivity (Wildman–Crippen MR) is 84.1 cm³/mol. The summed E-state index contributed by atoms with van der Waals surface area (Å²) < 4.78 is 29.3. The molecule has 24 heavy (non-hydrogen) atoms. The number of nitrogens with zero attached hydrogens (tertiary/aromatic N) is 3. The van der Waals surface area contributed by atoms with Gasteiger partial charge in [-0.05, 0) is 12.1 Å². The number of ether oxygens (including phenoxy) is 1. The van der Waals surface area contributed by atoms with E-state index in [9.17, 15) is 18.4 Å². The molecule has 1 aromatic carbocycles. The molecule has 0 unspecified atom stereocenters. The van der Waals surface area contributed by atoms with Crippen LogP contribution in [0.25, 0.3) is 0 Å². The molecule has 0 spiro atoms. The molecule has 1 heterocycles. The summed E-state index contributed by atoms with van der Waals surface area (Å²) in [4.78, 5) is 29.3. The maximum atomic E-state index is 12.5. The van der Waals surface area contributed by atoms with Crippen LogP contribution in [0.4, 0.5) is 8.78 Å². The van der Waals surface area contributed by atoms with Gasteiger partial charge in [0, 0.05) is 40.3 Å². The normalized spacial score (nSPS) is 15.5. The van der Waals surface area contributed by atoms with E-state index in [1.165, 1.54) is 17.0 Å². The first kappa shape index (κ1) is 18.1. The number of benzene rings is 1. The van der Waals surface area contributed by atoms with E-state index in [1.807, 2.05) is 4.90 Å². The second kappa shape index (κ2) is 8.05. The fourth-order valence-electron chi connectivity index (χ4n) is 2.45. The van der Waals surface area contributed by atoms with Crippen molar-refractivity contribution >= 4 is 11.8 Å². The number of halogens is 2. The van der Waals surface area contributed by atoms with Gasteiger partial charge in [0.1, 0.15) is 5.75 Å². The molecule has 2 amide bonds. The Balaban J connectivity index is 1.97. The van der Waals surface area contributed by atoms with E-state index in [2.05, 4.69) is 4.74 Å². The molecular weight excluding hydrogens is 320 g/mol. The quantitative estimate of drug-likeness (QED) is 0.806. The lowest BCUT2D eigenvalue weighted by Gasteiger charge is -2.35. The zero-order valence-electron chi connectivity index (χ0n) is 13.7. The number of hydrogen-bond acceptors (Lipinski definition) is 4. The summed E-state index contributed by atoms with van der Waals surface area (Å²) in [6.45, 7) is -0.690. The van der Waals surface area contributed by atoms with Gasteiger partial charge in [0.05, 0.1) is 12.1 Å². The maximum absolute atomic E-state index is 12.5. The molecule has 132 valence electrons. The fourth-order valence-corrected chi connectivity index (χ4v) is 2.45. The van der Waals surface area contributed by atoms with Crippen LogP contribution in [0.2, 0.25) is 0 Å². The molecule has 0 radical (unpaired) electrons. The number of piperazine rings is 1. The molecule has 0 bridgehead atoms. The van der Waals surface area contributed by atoms with Gasteiger partial charge in [0.25, 0.3) is 5.91 Å². The Hall–Kier alpha value is -2.22. The lowest BCUT2D eigenvalue weighted by molar-refractivity contribution is -0.130. The van der Waals surface area contributed by atoms with Crippen LogP contribution < -0.4 is 4.74 Å². The van der Waals surface area contributed by atoms with Crippen LogP contribution in [0.3, 0.4) is 0 Å². The van der Waals surface area contributed by atoms with E-state index < -0.39 is 6.61 Å². The Bertz CT molecular complexity index is 588. The predicted octanol–water partition coefficient (Wildman–Crippen LogP) is 1.13. The third kappa shape index (κ3) is 4.64. The SMILES string of the molecule is CN(C)C(=O)CN1CCN(C(=O)c2ccccc2OC(F)F)CC1. The van der Waals surface area contributed by atoms with E-state index in [4.69, 9.17) is 0 Å². The van der Waals surface area contributed by atoms with E-state index in [-0.39, 0.29) is 23.1 Å². The summed E-state index contributed by atoms with van der Waals surface area (Å²) in [6, 6.07) is 5.98. The Morgan fingerprint density at radius 3 is 2.38 bits per heavy atom. The first-order valence-electron chi connectivity index (χ1n) is 7.64. The zero-order valence-corrected chi connectivity index (χ0v) is 13.7. The van der Waals surface area contributed by atoms with Crippen molar-refractivity contribution < 1.29 is 23.1 Å². The average molecular weight is 341 g/mol. The van der Waals surface area contributed by atoms with Crippen LogP contribution in [0.1, 0.15) is 10.4 Å². The summed E-state index contributed by atoms with van der Waals surface area (Å²) in [5.74, 6) is -0.460. The van der Waals surface area contributed by atoms with E-state index in [1.54, 1.807) is 31.1 Å². The van der Waals surface area contributed by atoms with Crippen LogP contribution in [0.15, 0.2) is 24.3 Å². The molecule has 1 fully saturated rings. The molecule has 0 atom stereocenters. The van der Waals surface area contributed by atoms with E-state index >= 15 is 0 Å². The van der Waals surface area contributed by atoms with Gasteiger partial charge in [-0.15, -0.1) is 0 Å². The Morgan fingerprint density at radius 2 is 1.79 bits per heavy atom. The van der Waals surface area contributed by atoms with Gasteiger partial charge in [0.15, 0.2) is 0 Å². The number of alkyl halides is 2. The summed E-state index contributed by atoms with van der Waals surface area (Å²) >= 11 is 0. The standard InChI is InChI=1S/C16H21F2N3O3/c1-19(2)14(22)11-20-7-9-21(10-8-20)15(23)12-5-3-4-6-13(12)24-16(17)18/h3-6,16H,7-11H2,1-2H3. The van der Waals surface area contributed by atoms with Gasteiger partial charge in [-0.25, -0.2) is 0 Å². The summed E-state index contributed by atoms with van der Waals surface area (Å²) in [6.07, 6.45) is 0. The molecule has 6 nitrogen and oxygen atoms in total. The summed E-state index contributed by atoms with van der Waals surface area (Å²) in [5.41, 5.74) is 0.121. The smallest absolute Gasteiger partial charge is 0.387 e. The van der Waals surface area contributed by atoms with Gasteiger partial charge in [0.2, 0.25) is 5.91 Å². The second-order valence-corrected chi connectivity index (χ2v) is 5.73. The van der Waals surface area contributed by atoms with Gasteiger partial charge in [-0.3, -0.25) is 14.5 Å². The molecule has 0 aliphatic carbocycles. The van der Waals surface area contributed by atoms with Crippen LogP contribution in [0, 0.1) is 0 Å². The van der Waals surface area contributed by atoms with Crippen molar-refractivity contribution in [3.63, 3.8) is 0 Å². The molecule has 1 saturated heterocycles. The highest BCUT2D eigenvalue weighted by Crippen LogP contribution is 2.22. The number of likely N-dealkylation sites (N-methyl/N-ethyl adjacent to an activating group) is 1. The largest absolute Gasteiger partial charge is 0.434 e. The average Bonchev–Trinajstić information content (AvgIpc) is 2.55. The zero-order chi connectivity index (χ0) is 17.7. The topological polar surface area (TPSA) is 53.1 Å². The minimum absolute atomic E-state index is 0.00505. The number of para-hydroxylation sites is 1. The van der Waals surface area contributed by atoms with Gasteiger partial charge in [-0.1, -0.05) is 12.1 Å². The Labute approximate surface area is 139 Å².